The standard InChI is InChI=1S/C22H30N4O4S/c1-3-26(4-2)31(29,30)20-10-11-21(27)25(17-20)18-22(28)24-14-12-23(13-15-24)16-19-8-6-5-7-9-19/h5-11,17H,3-4,12-16,18H2,1-2H3. The van der Waals surface area contributed by atoms with Crippen LogP contribution >= 0.6 is 0 Å². The predicted octanol–water partition coefficient (Wildman–Crippen LogP) is 1.22. The Morgan fingerprint density at radius 3 is 2.23 bits per heavy atom. The van der Waals surface area contributed by atoms with Crippen molar-refractivity contribution in [2.75, 3.05) is 39.3 Å². The average Bonchev–Trinajstić information content (AvgIpc) is 2.77. The number of aromatic nitrogens is 1. The molecule has 0 spiro atoms. The van der Waals surface area contributed by atoms with Crippen molar-refractivity contribution in [2.45, 2.75) is 31.8 Å². The molecule has 0 atom stereocenters. The molecule has 1 aliphatic rings. The number of benzene rings is 1. The molecule has 1 fully saturated rings. The van der Waals surface area contributed by atoms with Crippen LogP contribution in [0, 0.1) is 0 Å². The van der Waals surface area contributed by atoms with E-state index in [1.54, 1.807) is 18.7 Å². The van der Waals surface area contributed by atoms with Crippen molar-refractivity contribution < 1.29 is 13.2 Å². The van der Waals surface area contributed by atoms with Gasteiger partial charge in [0.15, 0.2) is 0 Å². The smallest absolute Gasteiger partial charge is 0.251 e. The van der Waals surface area contributed by atoms with Gasteiger partial charge in [0.25, 0.3) is 5.56 Å². The lowest BCUT2D eigenvalue weighted by Gasteiger charge is -2.35. The van der Waals surface area contributed by atoms with Gasteiger partial charge in [-0.1, -0.05) is 44.2 Å². The number of pyridine rings is 1. The van der Waals surface area contributed by atoms with Crippen LogP contribution in [-0.2, 0) is 27.9 Å². The van der Waals surface area contributed by atoms with Crippen molar-refractivity contribution >= 4 is 15.9 Å². The average molecular weight is 447 g/mol. The van der Waals surface area contributed by atoms with Crippen molar-refractivity contribution in [1.29, 1.82) is 0 Å². The van der Waals surface area contributed by atoms with Gasteiger partial charge >= 0.3 is 0 Å². The summed E-state index contributed by atoms with van der Waals surface area (Å²) >= 11 is 0. The molecule has 0 aliphatic carbocycles. The molecule has 9 heteroatoms. The summed E-state index contributed by atoms with van der Waals surface area (Å²) in [6.07, 6.45) is 1.28. The lowest BCUT2D eigenvalue weighted by Crippen LogP contribution is -2.49. The first kappa shape index (κ1) is 23.2. The van der Waals surface area contributed by atoms with Crippen molar-refractivity contribution in [1.82, 2.24) is 18.7 Å². The van der Waals surface area contributed by atoms with Crippen molar-refractivity contribution in [3.8, 4) is 0 Å². The quantitative estimate of drug-likeness (QED) is 0.609. The van der Waals surface area contributed by atoms with Gasteiger partial charge in [-0.05, 0) is 11.6 Å². The summed E-state index contributed by atoms with van der Waals surface area (Å²) in [5.41, 5.74) is 0.842. The Kier molecular flexibility index (Phi) is 7.64. The number of carbonyl (C=O) groups is 1. The second-order valence-corrected chi connectivity index (χ2v) is 9.50. The summed E-state index contributed by atoms with van der Waals surface area (Å²) in [7, 11) is -3.70. The minimum absolute atomic E-state index is 0.0243. The Balaban J connectivity index is 1.64. The Labute approximate surface area is 183 Å². The Morgan fingerprint density at radius 2 is 1.61 bits per heavy atom. The fraction of sp³-hybridized carbons (Fsp3) is 0.455. The number of carbonyl (C=O) groups excluding carboxylic acids is 1. The molecule has 0 N–H and O–H groups in total. The second kappa shape index (κ2) is 10.2. The monoisotopic (exact) mass is 446 g/mol. The summed E-state index contributed by atoms with van der Waals surface area (Å²) in [4.78, 5) is 29.1. The molecule has 1 saturated heterocycles. The molecule has 168 valence electrons. The van der Waals surface area contributed by atoms with Crippen LogP contribution in [0.25, 0.3) is 0 Å². The topological polar surface area (TPSA) is 82.9 Å². The maximum atomic E-state index is 12.8. The van der Waals surface area contributed by atoms with Crippen molar-refractivity contribution in [2.24, 2.45) is 0 Å². The molecule has 31 heavy (non-hydrogen) atoms. The number of sulfonamides is 1. The van der Waals surface area contributed by atoms with Crippen LogP contribution < -0.4 is 5.56 Å². The maximum Gasteiger partial charge on any atom is 0.251 e. The largest absolute Gasteiger partial charge is 0.339 e. The lowest BCUT2D eigenvalue weighted by atomic mass is 10.2. The first-order valence-corrected chi connectivity index (χ1v) is 12.0. The number of hydrogen-bond donors (Lipinski definition) is 0. The number of rotatable bonds is 8. The van der Waals surface area contributed by atoms with Crippen LogP contribution in [0.1, 0.15) is 19.4 Å². The van der Waals surface area contributed by atoms with Crippen LogP contribution in [0.15, 0.2) is 58.4 Å². The zero-order valence-corrected chi connectivity index (χ0v) is 18.9. The molecule has 0 bridgehead atoms. The van der Waals surface area contributed by atoms with Crippen LogP contribution in [0.2, 0.25) is 0 Å². The van der Waals surface area contributed by atoms with E-state index in [1.165, 1.54) is 32.8 Å². The molecule has 0 unspecified atom stereocenters. The maximum absolute atomic E-state index is 12.8. The van der Waals surface area contributed by atoms with Gasteiger partial charge in [-0.15, -0.1) is 0 Å². The van der Waals surface area contributed by atoms with E-state index < -0.39 is 15.6 Å². The molecule has 1 aromatic carbocycles. The highest BCUT2D eigenvalue weighted by atomic mass is 32.2. The minimum Gasteiger partial charge on any atom is -0.339 e. The van der Waals surface area contributed by atoms with Crippen LogP contribution in [-0.4, -0.2) is 72.3 Å². The molecule has 0 radical (unpaired) electrons. The highest BCUT2D eigenvalue weighted by molar-refractivity contribution is 7.89. The van der Waals surface area contributed by atoms with Crippen LogP contribution in [0.3, 0.4) is 0 Å². The number of amides is 1. The molecule has 1 amide bonds. The molecule has 1 aromatic heterocycles. The summed E-state index contributed by atoms with van der Waals surface area (Å²) in [6, 6.07) is 12.7. The normalized spacial score (nSPS) is 15.4. The number of nitrogens with zero attached hydrogens (tertiary/aromatic N) is 4. The van der Waals surface area contributed by atoms with Gasteiger partial charge in [-0.2, -0.15) is 4.31 Å². The zero-order chi connectivity index (χ0) is 22.4. The van der Waals surface area contributed by atoms with Gasteiger partial charge in [0, 0.05) is 58.1 Å². The Hall–Kier alpha value is -2.49. The van der Waals surface area contributed by atoms with Crippen molar-refractivity contribution in [3.05, 3.63) is 64.6 Å². The SMILES string of the molecule is CCN(CC)S(=O)(=O)c1ccc(=O)n(CC(=O)N2CCN(Cc3ccccc3)CC2)c1. The summed E-state index contributed by atoms with van der Waals surface area (Å²) < 4.78 is 28.0. The van der Waals surface area contributed by atoms with Crippen LogP contribution in [0.5, 0.6) is 0 Å². The summed E-state index contributed by atoms with van der Waals surface area (Å²) in [5, 5.41) is 0. The Morgan fingerprint density at radius 1 is 0.968 bits per heavy atom. The van der Waals surface area contributed by atoms with Gasteiger partial charge in [-0.3, -0.25) is 14.5 Å². The molecular weight excluding hydrogens is 416 g/mol. The van der Waals surface area contributed by atoms with Gasteiger partial charge in [-0.25, -0.2) is 8.42 Å². The van der Waals surface area contributed by atoms with E-state index >= 15 is 0 Å². The molecule has 1 aliphatic heterocycles. The predicted molar refractivity (Wildman–Crippen MR) is 119 cm³/mol. The summed E-state index contributed by atoms with van der Waals surface area (Å²) in [5.74, 6) is -0.182. The first-order valence-electron chi connectivity index (χ1n) is 10.6. The lowest BCUT2D eigenvalue weighted by molar-refractivity contribution is -0.133. The van der Waals surface area contributed by atoms with E-state index in [4.69, 9.17) is 0 Å². The van der Waals surface area contributed by atoms with E-state index in [-0.39, 0.29) is 17.3 Å². The highest BCUT2D eigenvalue weighted by Gasteiger charge is 2.24. The second-order valence-electron chi connectivity index (χ2n) is 7.56. The van der Waals surface area contributed by atoms with Gasteiger partial charge < -0.3 is 9.47 Å². The molecule has 3 rings (SSSR count). The third-order valence-corrected chi connectivity index (χ3v) is 7.61. The van der Waals surface area contributed by atoms with Gasteiger partial charge in [0.1, 0.15) is 6.54 Å². The molecule has 2 heterocycles. The molecule has 0 saturated carbocycles. The van der Waals surface area contributed by atoms with E-state index in [1.807, 2.05) is 18.2 Å². The van der Waals surface area contributed by atoms with E-state index in [0.29, 0.717) is 26.2 Å². The molecular formula is C22H30N4O4S. The van der Waals surface area contributed by atoms with Crippen molar-refractivity contribution in [3.63, 3.8) is 0 Å². The van der Waals surface area contributed by atoms with E-state index in [2.05, 4.69) is 17.0 Å². The fourth-order valence-corrected chi connectivity index (χ4v) is 5.22. The first-order chi connectivity index (χ1) is 14.8. The highest BCUT2D eigenvalue weighted by Crippen LogP contribution is 2.14. The number of hydrogen-bond acceptors (Lipinski definition) is 5. The third-order valence-electron chi connectivity index (χ3n) is 5.58. The Bertz CT molecular complexity index is 1040. The molecule has 2 aromatic rings. The number of piperazine rings is 1. The third kappa shape index (κ3) is 5.61. The summed E-state index contributed by atoms with van der Waals surface area (Å²) in [6.45, 7) is 7.55. The van der Waals surface area contributed by atoms with Gasteiger partial charge in [0.2, 0.25) is 15.9 Å². The zero-order valence-electron chi connectivity index (χ0n) is 18.1. The fourth-order valence-electron chi connectivity index (χ4n) is 3.74. The minimum atomic E-state index is -3.70. The van der Waals surface area contributed by atoms with Crippen LogP contribution in [0.4, 0.5) is 0 Å². The molecule has 8 nitrogen and oxygen atoms in total. The van der Waals surface area contributed by atoms with E-state index in [0.717, 1.165) is 19.6 Å². The van der Waals surface area contributed by atoms with E-state index in [9.17, 15) is 18.0 Å². The van der Waals surface area contributed by atoms with Gasteiger partial charge in [0.05, 0.1) is 4.90 Å².